The van der Waals surface area contributed by atoms with Crippen LogP contribution >= 0.6 is 0 Å². The number of rotatable bonds is 4. The summed E-state index contributed by atoms with van der Waals surface area (Å²) in [4.78, 5) is 22.1. The second-order valence-corrected chi connectivity index (χ2v) is 7.02. The Balaban J connectivity index is 2.15. The van der Waals surface area contributed by atoms with Gasteiger partial charge in [0.2, 0.25) is 10.0 Å². The quantitative estimate of drug-likeness (QED) is 0.732. The van der Waals surface area contributed by atoms with E-state index in [-0.39, 0.29) is 36.6 Å². The van der Waals surface area contributed by atoms with Crippen molar-refractivity contribution in [2.24, 2.45) is 5.92 Å². The molecule has 0 saturated carbocycles. The van der Waals surface area contributed by atoms with E-state index in [4.69, 9.17) is 0 Å². The van der Waals surface area contributed by atoms with E-state index in [1.54, 1.807) is 0 Å². The van der Waals surface area contributed by atoms with Gasteiger partial charge in [-0.2, -0.15) is 4.31 Å². The van der Waals surface area contributed by atoms with E-state index in [1.165, 1.54) is 35.5 Å². The van der Waals surface area contributed by atoms with Crippen molar-refractivity contribution < 1.29 is 23.1 Å². The molecule has 0 N–H and O–H groups in total. The Bertz CT molecular complexity index is 642. The largest absolute Gasteiger partial charge is 0.550 e. The van der Waals surface area contributed by atoms with Crippen LogP contribution in [0.4, 0.5) is 0 Å². The summed E-state index contributed by atoms with van der Waals surface area (Å²) >= 11 is 0. The Hall–Kier alpha value is -1.73. The highest BCUT2D eigenvalue weighted by atomic mass is 32.2. The van der Waals surface area contributed by atoms with E-state index < -0.39 is 21.9 Å². The van der Waals surface area contributed by atoms with Gasteiger partial charge in [-0.3, -0.25) is 4.79 Å². The summed E-state index contributed by atoms with van der Waals surface area (Å²) in [5, 5.41) is 10.8. The van der Waals surface area contributed by atoms with Crippen LogP contribution in [0, 0.1) is 5.92 Å². The molecule has 1 saturated heterocycles. The zero-order valence-corrected chi connectivity index (χ0v) is 12.4. The molecule has 7 heteroatoms. The molecule has 1 aromatic rings. The molecule has 0 amide bonds. The molecule has 1 heterocycles. The standard InChI is InChI=1S/C14H17NO5S/c1-10(16)11-2-4-13(5-3-11)21(19,20)15-8-6-12(7-9-15)14(17)18/h2-5,12H,6-9H2,1H3,(H,17,18)/p-1. The first-order chi connectivity index (χ1) is 9.82. The first-order valence-electron chi connectivity index (χ1n) is 6.64. The number of aliphatic carboxylic acids is 1. The van der Waals surface area contributed by atoms with Crippen LogP contribution in [-0.2, 0) is 14.8 Å². The fraction of sp³-hybridized carbons (Fsp3) is 0.429. The number of piperidine rings is 1. The SMILES string of the molecule is CC(=O)c1ccc(S(=O)(=O)N2CCC(C(=O)[O-])CC2)cc1. The molecule has 21 heavy (non-hydrogen) atoms. The summed E-state index contributed by atoms with van der Waals surface area (Å²) in [6.45, 7) is 1.74. The third-order valence-electron chi connectivity index (χ3n) is 3.69. The van der Waals surface area contributed by atoms with Gasteiger partial charge in [0.05, 0.1) is 4.90 Å². The zero-order valence-electron chi connectivity index (χ0n) is 11.6. The lowest BCUT2D eigenvalue weighted by atomic mass is 9.99. The van der Waals surface area contributed by atoms with Crippen molar-refractivity contribution in [1.29, 1.82) is 0 Å². The second-order valence-electron chi connectivity index (χ2n) is 5.08. The van der Waals surface area contributed by atoms with Gasteiger partial charge < -0.3 is 9.90 Å². The van der Waals surface area contributed by atoms with Crippen LogP contribution in [0.1, 0.15) is 30.1 Å². The van der Waals surface area contributed by atoms with Gasteiger partial charge in [0, 0.05) is 30.5 Å². The Morgan fingerprint density at radius 2 is 1.67 bits per heavy atom. The van der Waals surface area contributed by atoms with Crippen LogP contribution in [-0.4, -0.2) is 37.6 Å². The molecule has 1 aliphatic heterocycles. The number of carboxylic acid groups (broad SMARTS) is 1. The summed E-state index contributed by atoms with van der Waals surface area (Å²) in [5.74, 6) is -1.84. The summed E-state index contributed by atoms with van der Waals surface area (Å²) in [7, 11) is -3.64. The number of carbonyl (C=O) groups excluding carboxylic acids is 2. The number of Topliss-reactive ketones (excluding diaryl/α,β-unsaturated/α-hetero) is 1. The highest BCUT2D eigenvalue weighted by molar-refractivity contribution is 7.89. The molecule has 6 nitrogen and oxygen atoms in total. The van der Waals surface area contributed by atoms with E-state index in [0.717, 1.165) is 0 Å². The van der Waals surface area contributed by atoms with Gasteiger partial charge >= 0.3 is 0 Å². The molecule has 114 valence electrons. The lowest BCUT2D eigenvalue weighted by Gasteiger charge is -2.31. The predicted molar refractivity (Wildman–Crippen MR) is 72.9 cm³/mol. The molecule has 0 radical (unpaired) electrons. The van der Waals surface area contributed by atoms with Crippen LogP contribution in [0.5, 0.6) is 0 Å². The monoisotopic (exact) mass is 310 g/mol. The van der Waals surface area contributed by atoms with Crippen LogP contribution in [0.25, 0.3) is 0 Å². The van der Waals surface area contributed by atoms with Crippen molar-refractivity contribution >= 4 is 21.8 Å². The van der Waals surface area contributed by atoms with Gasteiger partial charge in [-0.1, -0.05) is 12.1 Å². The van der Waals surface area contributed by atoms with Gasteiger partial charge in [0.15, 0.2) is 5.78 Å². The van der Waals surface area contributed by atoms with Crippen molar-refractivity contribution in [3.05, 3.63) is 29.8 Å². The van der Waals surface area contributed by atoms with Crippen LogP contribution in [0.15, 0.2) is 29.2 Å². The minimum atomic E-state index is -3.64. The van der Waals surface area contributed by atoms with Crippen LogP contribution in [0.2, 0.25) is 0 Å². The molecule has 1 fully saturated rings. The Kier molecular flexibility index (Phi) is 4.43. The van der Waals surface area contributed by atoms with Gasteiger partial charge in [0.25, 0.3) is 0 Å². The van der Waals surface area contributed by atoms with Crippen LogP contribution < -0.4 is 5.11 Å². The third kappa shape index (κ3) is 3.30. The average molecular weight is 310 g/mol. The Morgan fingerprint density at radius 1 is 1.14 bits per heavy atom. The number of hydrogen-bond donors (Lipinski definition) is 0. The predicted octanol–water partition coefficient (Wildman–Crippen LogP) is 0.0398. The number of benzene rings is 1. The smallest absolute Gasteiger partial charge is 0.243 e. The minimum absolute atomic E-state index is 0.111. The molecular weight excluding hydrogens is 294 g/mol. The summed E-state index contributed by atoms with van der Waals surface area (Å²) in [6, 6.07) is 5.75. The Labute approximate surface area is 123 Å². The maximum atomic E-state index is 12.4. The maximum Gasteiger partial charge on any atom is 0.243 e. The first-order valence-corrected chi connectivity index (χ1v) is 8.08. The van der Waals surface area contributed by atoms with Crippen molar-refractivity contribution in [1.82, 2.24) is 4.31 Å². The highest BCUT2D eigenvalue weighted by Gasteiger charge is 2.29. The number of ketones is 1. The number of carboxylic acids is 1. The molecule has 0 bridgehead atoms. The average Bonchev–Trinajstić information content (AvgIpc) is 2.47. The Morgan fingerprint density at radius 3 is 2.10 bits per heavy atom. The fourth-order valence-corrected chi connectivity index (χ4v) is 3.81. The van der Waals surface area contributed by atoms with E-state index in [1.807, 2.05) is 0 Å². The molecule has 0 spiro atoms. The second kappa shape index (κ2) is 5.95. The van der Waals surface area contributed by atoms with Gasteiger partial charge in [-0.25, -0.2) is 8.42 Å². The number of sulfonamides is 1. The normalized spacial score (nSPS) is 17.6. The van der Waals surface area contributed by atoms with Gasteiger partial charge in [-0.15, -0.1) is 0 Å². The molecule has 0 aliphatic carbocycles. The highest BCUT2D eigenvalue weighted by Crippen LogP contribution is 2.23. The molecule has 0 atom stereocenters. The number of nitrogens with zero attached hydrogens (tertiary/aromatic N) is 1. The van der Waals surface area contributed by atoms with Crippen molar-refractivity contribution in [3.63, 3.8) is 0 Å². The van der Waals surface area contributed by atoms with Gasteiger partial charge in [0.1, 0.15) is 0 Å². The number of hydrogen-bond acceptors (Lipinski definition) is 5. The van der Waals surface area contributed by atoms with E-state index in [9.17, 15) is 23.1 Å². The van der Waals surface area contributed by atoms with Crippen molar-refractivity contribution in [2.75, 3.05) is 13.1 Å². The molecule has 2 rings (SSSR count). The first kappa shape index (κ1) is 15.7. The van der Waals surface area contributed by atoms with Crippen molar-refractivity contribution in [2.45, 2.75) is 24.7 Å². The summed E-state index contributed by atoms with van der Waals surface area (Å²) in [6.07, 6.45) is 0.514. The maximum absolute atomic E-state index is 12.4. The molecule has 0 unspecified atom stereocenters. The summed E-state index contributed by atoms with van der Waals surface area (Å²) in [5.41, 5.74) is 0.449. The van der Waals surface area contributed by atoms with E-state index in [0.29, 0.717) is 5.56 Å². The van der Waals surface area contributed by atoms with E-state index in [2.05, 4.69) is 0 Å². The van der Waals surface area contributed by atoms with Crippen LogP contribution in [0.3, 0.4) is 0 Å². The topological polar surface area (TPSA) is 94.6 Å². The molecule has 1 aliphatic rings. The number of carbonyl (C=O) groups is 2. The summed E-state index contributed by atoms with van der Waals surface area (Å²) < 4.78 is 26.1. The van der Waals surface area contributed by atoms with E-state index >= 15 is 0 Å². The molecule has 0 aromatic heterocycles. The third-order valence-corrected chi connectivity index (χ3v) is 5.60. The van der Waals surface area contributed by atoms with Crippen molar-refractivity contribution in [3.8, 4) is 0 Å². The lowest BCUT2D eigenvalue weighted by molar-refractivity contribution is -0.312. The zero-order chi connectivity index (χ0) is 15.6. The fourth-order valence-electron chi connectivity index (χ4n) is 2.34. The molecular formula is C14H16NO5S-. The molecule has 1 aromatic carbocycles. The van der Waals surface area contributed by atoms with Gasteiger partial charge in [-0.05, 0) is 31.9 Å². The minimum Gasteiger partial charge on any atom is -0.550 e. The lowest BCUT2D eigenvalue weighted by Crippen LogP contribution is -2.43.